The van der Waals surface area contributed by atoms with Gasteiger partial charge in [0.15, 0.2) is 0 Å². The summed E-state index contributed by atoms with van der Waals surface area (Å²) in [6, 6.07) is 10.8. The quantitative estimate of drug-likeness (QED) is 0.673. The van der Waals surface area contributed by atoms with Crippen LogP contribution in [-0.4, -0.2) is 45.5 Å². The molecule has 0 radical (unpaired) electrons. The largest absolute Gasteiger partial charge is 0.496 e. The zero-order valence-corrected chi connectivity index (χ0v) is 16.7. The van der Waals surface area contributed by atoms with Crippen LogP contribution >= 0.6 is 0 Å². The molecule has 0 aliphatic carbocycles. The minimum atomic E-state index is -0.0292. The van der Waals surface area contributed by atoms with E-state index < -0.39 is 0 Å². The van der Waals surface area contributed by atoms with Crippen molar-refractivity contribution in [3.05, 3.63) is 76.7 Å². The number of carbonyl (C=O) groups excluding carboxylic acids is 1. The van der Waals surface area contributed by atoms with Gasteiger partial charge >= 0.3 is 0 Å². The Morgan fingerprint density at radius 3 is 2.67 bits per heavy atom. The molecule has 2 unspecified atom stereocenters. The summed E-state index contributed by atoms with van der Waals surface area (Å²) in [5, 5.41) is 0. The van der Waals surface area contributed by atoms with Crippen LogP contribution in [0.15, 0.2) is 59.9 Å². The molecule has 2 aliphatic heterocycles. The third-order valence-electron chi connectivity index (χ3n) is 6.09. The van der Waals surface area contributed by atoms with Crippen molar-refractivity contribution in [3.63, 3.8) is 0 Å². The van der Waals surface area contributed by atoms with E-state index in [1.807, 2.05) is 27.7 Å². The van der Waals surface area contributed by atoms with Gasteiger partial charge in [-0.1, -0.05) is 12.1 Å². The van der Waals surface area contributed by atoms with E-state index in [4.69, 9.17) is 4.74 Å². The molecule has 3 aromatic rings. The molecule has 7 nitrogen and oxygen atoms in total. The monoisotopic (exact) mass is 402 g/mol. The summed E-state index contributed by atoms with van der Waals surface area (Å²) in [6.45, 7) is 1.82. The predicted molar refractivity (Wildman–Crippen MR) is 111 cm³/mol. The second kappa shape index (κ2) is 7.40. The van der Waals surface area contributed by atoms with Crippen LogP contribution in [0.25, 0.3) is 11.1 Å². The number of pyridine rings is 1. The molecule has 30 heavy (non-hydrogen) atoms. The summed E-state index contributed by atoms with van der Waals surface area (Å²) in [4.78, 5) is 36.1. The fourth-order valence-electron chi connectivity index (χ4n) is 4.85. The molecule has 2 aliphatic rings. The van der Waals surface area contributed by atoms with Crippen molar-refractivity contribution in [1.29, 1.82) is 0 Å². The van der Waals surface area contributed by atoms with Crippen LogP contribution in [0.1, 0.15) is 28.4 Å². The first-order valence-corrected chi connectivity index (χ1v) is 10.1. The second-order valence-corrected chi connectivity index (χ2v) is 7.92. The van der Waals surface area contributed by atoms with E-state index in [2.05, 4.69) is 9.97 Å². The van der Waals surface area contributed by atoms with Gasteiger partial charge in [0, 0.05) is 60.8 Å². The van der Waals surface area contributed by atoms with Gasteiger partial charge in [0.1, 0.15) is 12.1 Å². The Morgan fingerprint density at radius 1 is 1.07 bits per heavy atom. The van der Waals surface area contributed by atoms with E-state index in [1.165, 1.54) is 6.33 Å². The van der Waals surface area contributed by atoms with Crippen LogP contribution in [0.2, 0.25) is 0 Å². The van der Waals surface area contributed by atoms with Crippen molar-refractivity contribution in [2.24, 2.45) is 5.92 Å². The molecule has 2 atom stereocenters. The molecule has 2 aromatic heterocycles. The first-order chi connectivity index (χ1) is 14.7. The average molecular weight is 402 g/mol. The number of carbonyl (C=O) groups is 1. The predicted octanol–water partition coefficient (Wildman–Crippen LogP) is 2.57. The third-order valence-corrected chi connectivity index (χ3v) is 6.09. The molecule has 7 heteroatoms. The lowest BCUT2D eigenvalue weighted by Crippen LogP contribution is -2.49. The minimum Gasteiger partial charge on any atom is -0.496 e. The van der Waals surface area contributed by atoms with Crippen molar-refractivity contribution < 1.29 is 9.53 Å². The molecule has 0 spiro atoms. The summed E-state index contributed by atoms with van der Waals surface area (Å²) in [7, 11) is 1.58. The highest BCUT2D eigenvalue weighted by molar-refractivity contribution is 5.97. The lowest BCUT2D eigenvalue weighted by atomic mass is 9.80. The number of rotatable bonds is 3. The Labute approximate surface area is 174 Å². The number of methoxy groups -OCH3 is 1. The van der Waals surface area contributed by atoms with Crippen LogP contribution in [0.4, 0.5) is 0 Å². The fourth-order valence-corrected chi connectivity index (χ4v) is 4.85. The summed E-state index contributed by atoms with van der Waals surface area (Å²) >= 11 is 0. The summed E-state index contributed by atoms with van der Waals surface area (Å²) in [5.74, 6) is 0.880. The number of ether oxygens (including phenoxy) is 1. The first kappa shape index (κ1) is 18.5. The molecular formula is C23H22N4O3. The Balaban J connectivity index is 1.54. The molecule has 0 N–H and O–H groups in total. The van der Waals surface area contributed by atoms with E-state index in [1.54, 1.807) is 37.7 Å². The van der Waals surface area contributed by atoms with E-state index in [0.717, 1.165) is 23.2 Å². The van der Waals surface area contributed by atoms with Gasteiger partial charge in [0.2, 0.25) is 0 Å². The SMILES string of the molecule is COc1ccccc1C(=O)N1CC2CC(C1)c1c(-c3cncnc3)ccc(=O)n1C2. The van der Waals surface area contributed by atoms with E-state index in [0.29, 0.717) is 30.9 Å². The van der Waals surface area contributed by atoms with Crippen molar-refractivity contribution in [1.82, 2.24) is 19.4 Å². The smallest absolute Gasteiger partial charge is 0.257 e. The lowest BCUT2D eigenvalue weighted by Gasteiger charge is -2.43. The molecular weight excluding hydrogens is 380 g/mol. The van der Waals surface area contributed by atoms with Crippen LogP contribution in [0.3, 0.4) is 0 Å². The number of fused-ring (bicyclic) bond motifs is 4. The van der Waals surface area contributed by atoms with Gasteiger partial charge in [-0.25, -0.2) is 9.97 Å². The zero-order valence-electron chi connectivity index (χ0n) is 16.7. The first-order valence-electron chi connectivity index (χ1n) is 10.1. The topological polar surface area (TPSA) is 77.3 Å². The summed E-state index contributed by atoms with van der Waals surface area (Å²) in [6.07, 6.45) is 5.98. The number of amides is 1. The fraction of sp³-hybridized carbons (Fsp3) is 0.304. The van der Waals surface area contributed by atoms with Crippen LogP contribution < -0.4 is 10.3 Å². The van der Waals surface area contributed by atoms with E-state index in [-0.39, 0.29) is 23.3 Å². The number of piperidine rings is 1. The molecule has 5 rings (SSSR count). The van der Waals surface area contributed by atoms with Gasteiger partial charge in [0.05, 0.1) is 12.7 Å². The molecule has 152 valence electrons. The molecule has 1 aromatic carbocycles. The maximum atomic E-state index is 13.3. The highest BCUT2D eigenvalue weighted by Crippen LogP contribution is 2.40. The average Bonchev–Trinajstić information content (AvgIpc) is 2.79. The molecule has 2 bridgehead atoms. The number of aromatic nitrogens is 3. The standard InChI is InChI=1S/C23H22N4O3/c1-30-20-5-3-2-4-19(20)23(29)26-11-15-8-16(13-26)22-18(17-9-24-14-25-10-17)6-7-21(28)27(22)12-15/h2-7,9-10,14-16H,8,11-13H2,1H3. The van der Waals surface area contributed by atoms with Gasteiger partial charge < -0.3 is 14.2 Å². The van der Waals surface area contributed by atoms with Gasteiger partial charge in [-0.15, -0.1) is 0 Å². The molecule has 0 saturated carbocycles. The lowest BCUT2D eigenvalue weighted by molar-refractivity contribution is 0.0592. The number of hydrogen-bond donors (Lipinski definition) is 0. The maximum Gasteiger partial charge on any atom is 0.257 e. The molecule has 1 saturated heterocycles. The molecule has 1 amide bonds. The Morgan fingerprint density at radius 2 is 1.87 bits per heavy atom. The van der Waals surface area contributed by atoms with Gasteiger partial charge in [-0.05, 0) is 30.5 Å². The number of likely N-dealkylation sites (tertiary alicyclic amines) is 1. The molecule has 4 heterocycles. The van der Waals surface area contributed by atoms with Crippen molar-refractivity contribution in [2.45, 2.75) is 18.9 Å². The van der Waals surface area contributed by atoms with Crippen molar-refractivity contribution in [3.8, 4) is 16.9 Å². The van der Waals surface area contributed by atoms with Crippen LogP contribution in [0.5, 0.6) is 5.75 Å². The minimum absolute atomic E-state index is 0.00445. The third kappa shape index (κ3) is 3.07. The number of para-hydroxylation sites is 1. The second-order valence-electron chi connectivity index (χ2n) is 7.92. The van der Waals surface area contributed by atoms with E-state index >= 15 is 0 Å². The summed E-state index contributed by atoms with van der Waals surface area (Å²) < 4.78 is 7.27. The Kier molecular flexibility index (Phi) is 4.58. The number of hydrogen-bond acceptors (Lipinski definition) is 5. The highest BCUT2D eigenvalue weighted by Gasteiger charge is 2.38. The summed E-state index contributed by atoms with van der Waals surface area (Å²) in [5.41, 5.74) is 3.40. The van der Waals surface area contributed by atoms with Crippen LogP contribution in [0, 0.1) is 5.92 Å². The van der Waals surface area contributed by atoms with E-state index in [9.17, 15) is 9.59 Å². The van der Waals surface area contributed by atoms with Crippen molar-refractivity contribution >= 4 is 5.91 Å². The normalized spacial score (nSPS) is 19.8. The Bertz CT molecular complexity index is 1160. The highest BCUT2D eigenvalue weighted by atomic mass is 16.5. The van der Waals surface area contributed by atoms with Crippen molar-refractivity contribution in [2.75, 3.05) is 20.2 Å². The van der Waals surface area contributed by atoms with Crippen LogP contribution in [-0.2, 0) is 6.54 Å². The maximum absolute atomic E-state index is 13.3. The molecule has 1 fully saturated rings. The Hall–Kier alpha value is -3.48. The zero-order chi connectivity index (χ0) is 20.7. The van der Waals surface area contributed by atoms with Gasteiger partial charge in [-0.3, -0.25) is 9.59 Å². The van der Waals surface area contributed by atoms with Gasteiger partial charge in [0.25, 0.3) is 11.5 Å². The van der Waals surface area contributed by atoms with Gasteiger partial charge in [-0.2, -0.15) is 0 Å². The number of nitrogens with zero attached hydrogens (tertiary/aromatic N) is 4. The number of benzene rings is 1.